The Morgan fingerprint density at radius 2 is 1.74 bits per heavy atom. The summed E-state index contributed by atoms with van der Waals surface area (Å²) in [6, 6.07) is 8.28. The third-order valence-electron chi connectivity index (χ3n) is 2.26. The van der Waals surface area contributed by atoms with E-state index in [0.717, 1.165) is 11.8 Å². The molecule has 1 aromatic rings. The van der Waals surface area contributed by atoms with Crippen LogP contribution in [0.3, 0.4) is 0 Å². The predicted octanol–water partition coefficient (Wildman–Crippen LogP) is -0.488. The SMILES string of the molecule is CS(=O)(=O)CS(=O)(=O)N[C@H](CO)Cc1ccccc1. The second-order valence-electron chi connectivity index (χ2n) is 4.35. The molecule has 0 heterocycles. The van der Waals surface area contributed by atoms with Crippen LogP contribution in [0.15, 0.2) is 30.3 Å². The fourth-order valence-electron chi connectivity index (χ4n) is 1.61. The van der Waals surface area contributed by atoms with Gasteiger partial charge in [0.2, 0.25) is 10.0 Å². The van der Waals surface area contributed by atoms with E-state index >= 15 is 0 Å². The first-order chi connectivity index (χ1) is 8.72. The number of benzene rings is 1. The highest BCUT2D eigenvalue weighted by molar-refractivity contribution is 8.06. The number of nitrogens with one attached hydrogen (secondary N) is 1. The maximum absolute atomic E-state index is 11.6. The van der Waals surface area contributed by atoms with Gasteiger partial charge in [0, 0.05) is 12.3 Å². The lowest BCUT2D eigenvalue weighted by Gasteiger charge is -2.16. The number of aliphatic hydroxyl groups excluding tert-OH is 1. The van der Waals surface area contributed by atoms with Crippen LogP contribution in [0, 0.1) is 0 Å². The van der Waals surface area contributed by atoms with E-state index in [1.807, 2.05) is 6.07 Å². The van der Waals surface area contributed by atoms with Gasteiger partial charge in [-0.1, -0.05) is 30.3 Å². The Hall–Kier alpha value is -0.960. The Balaban J connectivity index is 2.72. The Labute approximate surface area is 113 Å². The molecule has 1 rings (SSSR count). The van der Waals surface area contributed by atoms with Gasteiger partial charge in [-0.05, 0) is 12.0 Å². The maximum Gasteiger partial charge on any atom is 0.226 e. The van der Waals surface area contributed by atoms with Crippen LogP contribution in [-0.2, 0) is 26.3 Å². The first kappa shape index (κ1) is 16.1. The van der Waals surface area contributed by atoms with Crippen LogP contribution in [-0.4, -0.2) is 45.9 Å². The van der Waals surface area contributed by atoms with Crippen LogP contribution in [0.5, 0.6) is 0 Å². The van der Waals surface area contributed by atoms with Gasteiger partial charge >= 0.3 is 0 Å². The Bertz CT molecular complexity index is 595. The summed E-state index contributed by atoms with van der Waals surface area (Å²) >= 11 is 0. The lowest BCUT2D eigenvalue weighted by Crippen LogP contribution is -2.41. The zero-order valence-corrected chi connectivity index (χ0v) is 12.1. The van der Waals surface area contributed by atoms with E-state index in [2.05, 4.69) is 4.72 Å². The average molecular weight is 307 g/mol. The van der Waals surface area contributed by atoms with Gasteiger partial charge in [-0.2, -0.15) is 0 Å². The fraction of sp³-hybridized carbons (Fsp3) is 0.455. The van der Waals surface area contributed by atoms with E-state index in [9.17, 15) is 21.9 Å². The quantitative estimate of drug-likeness (QED) is 0.708. The van der Waals surface area contributed by atoms with Crippen LogP contribution in [0.1, 0.15) is 5.56 Å². The molecule has 1 aromatic carbocycles. The molecule has 0 saturated heterocycles. The summed E-state index contributed by atoms with van der Waals surface area (Å²) in [5.74, 6) is 0. The zero-order valence-electron chi connectivity index (χ0n) is 10.5. The van der Waals surface area contributed by atoms with E-state index in [1.54, 1.807) is 24.3 Å². The van der Waals surface area contributed by atoms with Gasteiger partial charge in [0.15, 0.2) is 14.9 Å². The fourth-order valence-corrected chi connectivity index (χ4v) is 4.80. The molecule has 0 aromatic heterocycles. The zero-order chi connectivity index (χ0) is 14.5. The van der Waals surface area contributed by atoms with Gasteiger partial charge < -0.3 is 5.11 Å². The highest BCUT2D eigenvalue weighted by atomic mass is 32.3. The minimum absolute atomic E-state index is 0.292. The molecule has 19 heavy (non-hydrogen) atoms. The topological polar surface area (TPSA) is 101 Å². The maximum atomic E-state index is 11.6. The number of aliphatic hydroxyl groups is 1. The summed E-state index contributed by atoms with van der Waals surface area (Å²) in [5.41, 5.74) is 0.851. The summed E-state index contributed by atoms with van der Waals surface area (Å²) in [6.45, 7) is -0.405. The van der Waals surface area contributed by atoms with Crippen LogP contribution >= 0.6 is 0 Å². The normalized spacial score (nSPS) is 14.2. The molecular formula is C11H17NO5S2. The van der Waals surface area contributed by atoms with Crippen LogP contribution in [0.4, 0.5) is 0 Å². The van der Waals surface area contributed by atoms with Crippen LogP contribution in [0.2, 0.25) is 0 Å². The smallest absolute Gasteiger partial charge is 0.226 e. The number of hydrogen-bond acceptors (Lipinski definition) is 5. The largest absolute Gasteiger partial charge is 0.395 e. The molecular weight excluding hydrogens is 290 g/mol. The van der Waals surface area contributed by atoms with Crippen molar-refractivity contribution in [2.45, 2.75) is 12.5 Å². The average Bonchev–Trinajstić information content (AvgIpc) is 2.25. The van der Waals surface area contributed by atoms with Crippen molar-refractivity contribution < 1.29 is 21.9 Å². The first-order valence-electron chi connectivity index (χ1n) is 5.54. The molecule has 0 unspecified atom stereocenters. The highest BCUT2D eigenvalue weighted by Gasteiger charge is 2.22. The molecule has 2 N–H and O–H groups in total. The third-order valence-corrected chi connectivity index (χ3v) is 5.91. The lowest BCUT2D eigenvalue weighted by atomic mass is 10.1. The van der Waals surface area contributed by atoms with Crippen molar-refractivity contribution in [2.75, 3.05) is 17.9 Å². The molecule has 108 valence electrons. The van der Waals surface area contributed by atoms with E-state index in [4.69, 9.17) is 0 Å². The molecule has 0 spiro atoms. The van der Waals surface area contributed by atoms with Crippen molar-refractivity contribution in [3.8, 4) is 0 Å². The van der Waals surface area contributed by atoms with E-state index in [0.29, 0.717) is 6.42 Å². The second-order valence-corrected chi connectivity index (χ2v) is 8.60. The van der Waals surface area contributed by atoms with Gasteiger partial charge in [-0.25, -0.2) is 21.6 Å². The van der Waals surface area contributed by atoms with Gasteiger partial charge in [0.05, 0.1) is 6.61 Å². The van der Waals surface area contributed by atoms with Crippen LogP contribution in [0.25, 0.3) is 0 Å². The van der Waals surface area contributed by atoms with Gasteiger partial charge in [-0.15, -0.1) is 0 Å². The molecule has 0 radical (unpaired) electrons. The third kappa shape index (κ3) is 6.67. The molecule has 1 atom stereocenters. The summed E-state index contributed by atoms with van der Waals surface area (Å²) in [5, 5.41) is 8.19. The van der Waals surface area contributed by atoms with Crippen molar-refractivity contribution in [3.05, 3.63) is 35.9 Å². The lowest BCUT2D eigenvalue weighted by molar-refractivity contribution is 0.256. The number of rotatable bonds is 7. The van der Waals surface area contributed by atoms with Crippen molar-refractivity contribution in [2.24, 2.45) is 0 Å². The first-order valence-corrected chi connectivity index (χ1v) is 9.25. The summed E-state index contributed by atoms with van der Waals surface area (Å²) in [7, 11) is -7.61. The van der Waals surface area contributed by atoms with Crippen molar-refractivity contribution in [1.29, 1.82) is 0 Å². The monoisotopic (exact) mass is 307 g/mol. The number of sulfone groups is 1. The second kappa shape index (κ2) is 6.47. The van der Waals surface area contributed by atoms with Crippen LogP contribution < -0.4 is 4.72 Å². The molecule has 6 nitrogen and oxygen atoms in total. The number of hydrogen-bond donors (Lipinski definition) is 2. The minimum Gasteiger partial charge on any atom is -0.395 e. The highest BCUT2D eigenvalue weighted by Crippen LogP contribution is 2.04. The van der Waals surface area contributed by atoms with E-state index in [1.165, 1.54) is 0 Å². The molecule has 0 aliphatic rings. The summed E-state index contributed by atoms with van der Waals surface area (Å²) in [4.78, 5) is 0. The molecule has 0 amide bonds. The molecule has 0 aliphatic carbocycles. The van der Waals surface area contributed by atoms with Gasteiger partial charge in [0.25, 0.3) is 0 Å². The Kier molecular flexibility index (Phi) is 5.48. The predicted molar refractivity (Wildman–Crippen MR) is 72.8 cm³/mol. The molecule has 0 bridgehead atoms. The number of sulfonamides is 1. The molecule has 8 heteroatoms. The summed E-state index contributed by atoms with van der Waals surface area (Å²) < 4.78 is 47.4. The van der Waals surface area contributed by atoms with Crippen molar-refractivity contribution in [1.82, 2.24) is 4.72 Å². The van der Waals surface area contributed by atoms with E-state index < -0.39 is 37.6 Å². The molecule has 0 aliphatic heterocycles. The Morgan fingerprint density at radius 3 is 2.21 bits per heavy atom. The summed E-state index contributed by atoms with van der Waals surface area (Å²) in [6.07, 6.45) is 1.14. The van der Waals surface area contributed by atoms with Gasteiger partial charge in [-0.3, -0.25) is 0 Å². The molecule has 0 saturated carbocycles. The Morgan fingerprint density at radius 1 is 1.16 bits per heavy atom. The van der Waals surface area contributed by atoms with Gasteiger partial charge in [0.1, 0.15) is 0 Å². The molecule has 0 fully saturated rings. The van der Waals surface area contributed by atoms with Crippen molar-refractivity contribution in [3.63, 3.8) is 0 Å². The minimum atomic E-state index is -3.97. The van der Waals surface area contributed by atoms with Crippen molar-refractivity contribution >= 4 is 19.9 Å². The van der Waals surface area contributed by atoms with E-state index in [-0.39, 0.29) is 0 Å². The standard InChI is InChI=1S/C11H17NO5S2/c1-18(14,15)9-19(16,17)12-11(8-13)7-10-5-3-2-4-6-10/h2-6,11-13H,7-9H2,1H3/t11-/m0/s1.